The highest BCUT2D eigenvalue weighted by atomic mass is 16.4. The maximum absolute atomic E-state index is 11.5. The number of carbonyl (C=O) groups is 2. The molecule has 3 unspecified atom stereocenters. The molecule has 0 bridgehead atoms. The normalized spacial score (nSPS) is 25.3. The second-order valence-corrected chi connectivity index (χ2v) is 5.04. The van der Waals surface area contributed by atoms with E-state index < -0.39 is 11.9 Å². The van der Waals surface area contributed by atoms with Crippen molar-refractivity contribution in [2.24, 2.45) is 11.8 Å². The molecule has 0 aromatic carbocycles. The number of carboxylic acid groups (broad SMARTS) is 1. The predicted molar refractivity (Wildman–Crippen MR) is 64.8 cm³/mol. The fourth-order valence-corrected chi connectivity index (χ4v) is 2.10. The molecule has 0 spiro atoms. The molecule has 0 heterocycles. The van der Waals surface area contributed by atoms with E-state index in [1.54, 1.807) is 6.92 Å². The van der Waals surface area contributed by atoms with Gasteiger partial charge in [0.15, 0.2) is 0 Å². The molecule has 3 N–H and O–H groups in total. The Labute approximate surface area is 102 Å². The van der Waals surface area contributed by atoms with E-state index in [2.05, 4.69) is 17.6 Å². The molecule has 98 valence electrons. The lowest BCUT2D eigenvalue weighted by Crippen LogP contribution is -2.41. The van der Waals surface area contributed by atoms with Gasteiger partial charge in [-0.1, -0.05) is 13.8 Å². The Balaban J connectivity index is 2.11. The van der Waals surface area contributed by atoms with Gasteiger partial charge in [0.05, 0.1) is 5.92 Å². The van der Waals surface area contributed by atoms with Crippen LogP contribution >= 0.6 is 0 Å². The minimum Gasteiger partial charge on any atom is -0.481 e. The summed E-state index contributed by atoms with van der Waals surface area (Å²) in [4.78, 5) is 22.0. The molecule has 0 aromatic heterocycles. The highest BCUT2D eigenvalue weighted by Crippen LogP contribution is 2.24. The first-order valence-corrected chi connectivity index (χ1v) is 6.26. The van der Waals surface area contributed by atoms with E-state index in [1.807, 2.05) is 0 Å². The van der Waals surface area contributed by atoms with Crippen molar-refractivity contribution in [3.8, 4) is 0 Å². The summed E-state index contributed by atoms with van der Waals surface area (Å²) in [5.74, 6) is -0.550. The first-order valence-electron chi connectivity index (χ1n) is 6.26. The van der Waals surface area contributed by atoms with E-state index in [4.69, 9.17) is 5.11 Å². The maximum Gasteiger partial charge on any atom is 0.315 e. The van der Waals surface area contributed by atoms with Gasteiger partial charge in [0.25, 0.3) is 0 Å². The summed E-state index contributed by atoms with van der Waals surface area (Å²) >= 11 is 0. The number of amides is 2. The van der Waals surface area contributed by atoms with E-state index in [1.165, 1.54) is 6.42 Å². The summed E-state index contributed by atoms with van der Waals surface area (Å²) in [6.07, 6.45) is 3.71. The highest BCUT2D eigenvalue weighted by molar-refractivity contribution is 5.74. The average Bonchev–Trinajstić information content (AvgIpc) is 2.63. The van der Waals surface area contributed by atoms with E-state index >= 15 is 0 Å². The number of hydrogen-bond acceptors (Lipinski definition) is 2. The van der Waals surface area contributed by atoms with Crippen LogP contribution in [-0.2, 0) is 4.79 Å². The number of aliphatic carboxylic acids is 1. The van der Waals surface area contributed by atoms with Crippen molar-refractivity contribution in [1.29, 1.82) is 0 Å². The smallest absolute Gasteiger partial charge is 0.315 e. The van der Waals surface area contributed by atoms with Gasteiger partial charge in [-0.25, -0.2) is 4.79 Å². The minimum absolute atomic E-state index is 0.179. The van der Waals surface area contributed by atoms with E-state index in [9.17, 15) is 9.59 Å². The van der Waals surface area contributed by atoms with Gasteiger partial charge in [-0.15, -0.1) is 0 Å². The Bertz CT molecular complexity index is 281. The molecule has 5 nitrogen and oxygen atoms in total. The van der Waals surface area contributed by atoms with Gasteiger partial charge in [-0.05, 0) is 31.6 Å². The number of carbonyl (C=O) groups excluding carboxylic acids is 1. The largest absolute Gasteiger partial charge is 0.481 e. The molecule has 0 aromatic rings. The zero-order valence-electron chi connectivity index (χ0n) is 10.5. The molecule has 2 amide bonds. The van der Waals surface area contributed by atoms with Gasteiger partial charge in [0, 0.05) is 12.6 Å². The second kappa shape index (κ2) is 6.47. The number of hydrogen-bond donors (Lipinski definition) is 3. The van der Waals surface area contributed by atoms with Crippen LogP contribution in [0.1, 0.15) is 39.5 Å². The van der Waals surface area contributed by atoms with Crippen molar-refractivity contribution in [2.45, 2.75) is 45.6 Å². The summed E-state index contributed by atoms with van der Waals surface area (Å²) < 4.78 is 0. The Morgan fingerprint density at radius 3 is 2.65 bits per heavy atom. The molecule has 1 rings (SSSR count). The zero-order valence-corrected chi connectivity index (χ0v) is 10.5. The predicted octanol–water partition coefficient (Wildman–Crippen LogP) is 1.59. The summed E-state index contributed by atoms with van der Waals surface area (Å²) in [7, 11) is 0. The summed E-state index contributed by atoms with van der Waals surface area (Å²) in [6, 6.07) is 0.101. The Kier molecular flexibility index (Phi) is 5.25. The highest BCUT2D eigenvalue weighted by Gasteiger charge is 2.22. The number of carboxylic acids is 1. The van der Waals surface area contributed by atoms with Crippen molar-refractivity contribution < 1.29 is 14.7 Å². The van der Waals surface area contributed by atoms with Crippen molar-refractivity contribution in [1.82, 2.24) is 10.6 Å². The van der Waals surface area contributed by atoms with Crippen LogP contribution < -0.4 is 10.6 Å². The molecule has 1 aliphatic rings. The quantitative estimate of drug-likeness (QED) is 0.685. The lowest BCUT2D eigenvalue weighted by molar-refractivity contribution is -0.141. The van der Waals surface area contributed by atoms with Gasteiger partial charge in [0.1, 0.15) is 0 Å². The van der Waals surface area contributed by atoms with Gasteiger partial charge in [-0.2, -0.15) is 0 Å². The Morgan fingerprint density at radius 1 is 1.41 bits per heavy atom. The van der Waals surface area contributed by atoms with E-state index in [0.717, 1.165) is 12.8 Å². The molecular weight excluding hydrogens is 220 g/mol. The SMILES string of the molecule is CC1CCC(NC(=O)NCCC(C)C(=O)O)C1. The summed E-state index contributed by atoms with van der Waals surface area (Å²) in [6.45, 7) is 4.23. The molecule has 1 aliphatic carbocycles. The number of urea groups is 1. The van der Waals surface area contributed by atoms with Gasteiger partial charge in [0.2, 0.25) is 0 Å². The van der Waals surface area contributed by atoms with Gasteiger partial charge in [-0.3, -0.25) is 4.79 Å². The van der Waals surface area contributed by atoms with Crippen LogP contribution in [0.4, 0.5) is 4.79 Å². The van der Waals surface area contributed by atoms with Crippen molar-refractivity contribution in [2.75, 3.05) is 6.54 Å². The van der Waals surface area contributed by atoms with Crippen molar-refractivity contribution in [3.05, 3.63) is 0 Å². The van der Waals surface area contributed by atoms with Crippen LogP contribution in [0.25, 0.3) is 0 Å². The molecule has 5 heteroatoms. The first kappa shape index (κ1) is 13.8. The fourth-order valence-electron chi connectivity index (χ4n) is 2.10. The summed E-state index contributed by atoms with van der Waals surface area (Å²) in [5, 5.41) is 14.3. The first-order chi connectivity index (χ1) is 7.99. The number of rotatable bonds is 5. The van der Waals surface area contributed by atoms with Crippen LogP contribution in [0.2, 0.25) is 0 Å². The molecule has 0 aliphatic heterocycles. The minimum atomic E-state index is -0.822. The standard InChI is InChI=1S/C12H22N2O3/c1-8-3-4-10(7-8)14-12(17)13-6-5-9(2)11(15)16/h8-10H,3-7H2,1-2H3,(H,15,16)(H2,13,14,17). The van der Waals surface area contributed by atoms with E-state index in [-0.39, 0.29) is 12.1 Å². The van der Waals surface area contributed by atoms with Crippen LogP contribution in [0.5, 0.6) is 0 Å². The van der Waals surface area contributed by atoms with Crippen molar-refractivity contribution in [3.63, 3.8) is 0 Å². The van der Waals surface area contributed by atoms with Gasteiger partial charge < -0.3 is 15.7 Å². The van der Waals surface area contributed by atoms with Gasteiger partial charge >= 0.3 is 12.0 Å². The lowest BCUT2D eigenvalue weighted by atomic mass is 10.1. The molecular formula is C12H22N2O3. The monoisotopic (exact) mass is 242 g/mol. The molecule has 1 fully saturated rings. The third kappa shape index (κ3) is 5.06. The fraction of sp³-hybridized carbons (Fsp3) is 0.833. The molecule has 1 saturated carbocycles. The van der Waals surface area contributed by atoms with Crippen LogP contribution in [0, 0.1) is 11.8 Å². The lowest BCUT2D eigenvalue weighted by Gasteiger charge is -2.14. The molecule has 0 saturated heterocycles. The molecule has 3 atom stereocenters. The average molecular weight is 242 g/mol. The Morgan fingerprint density at radius 2 is 2.12 bits per heavy atom. The summed E-state index contributed by atoms with van der Waals surface area (Å²) in [5.41, 5.74) is 0. The molecule has 0 radical (unpaired) electrons. The second-order valence-electron chi connectivity index (χ2n) is 5.04. The third-order valence-electron chi connectivity index (χ3n) is 3.31. The number of nitrogens with one attached hydrogen (secondary N) is 2. The van der Waals surface area contributed by atoms with Crippen LogP contribution in [-0.4, -0.2) is 29.7 Å². The Hall–Kier alpha value is -1.26. The zero-order chi connectivity index (χ0) is 12.8. The van der Waals surface area contributed by atoms with Crippen molar-refractivity contribution >= 4 is 12.0 Å². The third-order valence-corrected chi connectivity index (χ3v) is 3.31. The van der Waals surface area contributed by atoms with Crippen LogP contribution in [0.15, 0.2) is 0 Å². The van der Waals surface area contributed by atoms with E-state index in [0.29, 0.717) is 18.9 Å². The molecule has 17 heavy (non-hydrogen) atoms. The maximum atomic E-state index is 11.5. The topological polar surface area (TPSA) is 78.4 Å². The van der Waals surface area contributed by atoms with Crippen LogP contribution in [0.3, 0.4) is 0 Å².